The third kappa shape index (κ3) is 4.24. The zero-order valence-corrected chi connectivity index (χ0v) is 14.9. The molecule has 0 saturated heterocycles. The molecule has 0 aromatic carbocycles. The summed E-state index contributed by atoms with van der Waals surface area (Å²) in [5.74, 6) is 2.76. The van der Waals surface area contributed by atoms with Crippen LogP contribution in [0.3, 0.4) is 0 Å². The quantitative estimate of drug-likeness (QED) is 0.772. The van der Waals surface area contributed by atoms with Gasteiger partial charge in [0.2, 0.25) is 5.95 Å². The number of aromatic nitrogens is 3. The first-order chi connectivity index (χ1) is 12.2. The van der Waals surface area contributed by atoms with Gasteiger partial charge in [0, 0.05) is 30.9 Å². The van der Waals surface area contributed by atoms with Crippen LogP contribution in [0.15, 0.2) is 24.4 Å². The van der Waals surface area contributed by atoms with E-state index in [9.17, 15) is 0 Å². The maximum atomic E-state index is 5.51. The van der Waals surface area contributed by atoms with Crippen molar-refractivity contribution in [2.24, 2.45) is 0 Å². The molecule has 0 spiro atoms. The predicted molar refractivity (Wildman–Crippen MR) is 100 cm³/mol. The molecule has 7 heteroatoms. The molecule has 0 saturated carbocycles. The summed E-state index contributed by atoms with van der Waals surface area (Å²) in [4.78, 5) is 13.3. The highest BCUT2D eigenvalue weighted by Gasteiger charge is 2.13. The molecule has 3 heterocycles. The number of nitrogens with one attached hydrogen (secondary N) is 3. The Kier molecular flexibility index (Phi) is 5.45. The standard InChI is InChI=1S/C18H24N6O/c1-12-9-16(19-2)23-18(22-12)24-17-10-14(15(25-3)11-21-17)13-5-4-7-20-8-6-13/h6,9-11,20H,4-5,7-8H2,1-3H3,(H2,19,21,22,23,24). The highest BCUT2D eigenvalue weighted by atomic mass is 16.5. The number of aryl methyl sites for hydroxylation is 1. The minimum absolute atomic E-state index is 0.518. The molecular weight excluding hydrogens is 316 g/mol. The summed E-state index contributed by atoms with van der Waals surface area (Å²) in [5, 5.41) is 9.61. The van der Waals surface area contributed by atoms with Crippen molar-refractivity contribution in [1.82, 2.24) is 20.3 Å². The fourth-order valence-electron chi connectivity index (χ4n) is 2.84. The Morgan fingerprint density at radius 2 is 2.08 bits per heavy atom. The van der Waals surface area contributed by atoms with Crippen LogP contribution in [0.2, 0.25) is 0 Å². The second-order valence-electron chi connectivity index (χ2n) is 5.90. The van der Waals surface area contributed by atoms with Crippen LogP contribution in [0.5, 0.6) is 5.75 Å². The Bertz CT molecular complexity index is 774. The number of methoxy groups -OCH3 is 1. The first kappa shape index (κ1) is 17.2. The zero-order valence-electron chi connectivity index (χ0n) is 14.9. The summed E-state index contributed by atoms with van der Waals surface area (Å²) in [6.07, 6.45) is 6.08. The van der Waals surface area contributed by atoms with Crippen molar-refractivity contribution in [3.05, 3.63) is 35.7 Å². The van der Waals surface area contributed by atoms with Gasteiger partial charge < -0.3 is 20.7 Å². The van der Waals surface area contributed by atoms with Gasteiger partial charge in [-0.15, -0.1) is 0 Å². The number of hydrogen-bond donors (Lipinski definition) is 3. The SMILES string of the molecule is CNc1cc(C)nc(Nc2cc(C3=CCNCCC3)c(OC)cn2)n1. The fourth-order valence-corrected chi connectivity index (χ4v) is 2.84. The van der Waals surface area contributed by atoms with Crippen LogP contribution in [0.25, 0.3) is 5.57 Å². The fraction of sp³-hybridized carbons (Fsp3) is 0.389. The average Bonchev–Trinajstić information content (AvgIpc) is 2.90. The van der Waals surface area contributed by atoms with Gasteiger partial charge in [0.25, 0.3) is 0 Å². The molecule has 0 radical (unpaired) electrons. The monoisotopic (exact) mass is 340 g/mol. The summed E-state index contributed by atoms with van der Waals surface area (Å²) < 4.78 is 5.51. The number of allylic oxidation sites excluding steroid dienone is 1. The van der Waals surface area contributed by atoms with E-state index >= 15 is 0 Å². The number of nitrogens with zero attached hydrogens (tertiary/aromatic N) is 3. The van der Waals surface area contributed by atoms with Crippen molar-refractivity contribution in [1.29, 1.82) is 0 Å². The summed E-state index contributed by atoms with van der Waals surface area (Å²) in [6.45, 7) is 3.84. The molecule has 1 aliphatic heterocycles. The van der Waals surface area contributed by atoms with Crippen molar-refractivity contribution in [3.8, 4) is 5.75 Å². The molecule has 25 heavy (non-hydrogen) atoms. The molecule has 1 aliphatic rings. The third-order valence-corrected chi connectivity index (χ3v) is 4.08. The minimum Gasteiger partial charge on any atom is -0.494 e. The van der Waals surface area contributed by atoms with Gasteiger partial charge in [-0.25, -0.2) is 9.97 Å². The summed E-state index contributed by atoms with van der Waals surface area (Å²) in [6, 6.07) is 3.89. The van der Waals surface area contributed by atoms with E-state index in [0.29, 0.717) is 11.8 Å². The van der Waals surface area contributed by atoms with Gasteiger partial charge in [-0.2, -0.15) is 4.98 Å². The smallest absolute Gasteiger partial charge is 0.230 e. The number of hydrogen-bond acceptors (Lipinski definition) is 7. The first-order valence-electron chi connectivity index (χ1n) is 8.44. The van der Waals surface area contributed by atoms with Gasteiger partial charge in [0.1, 0.15) is 17.4 Å². The Balaban J connectivity index is 1.91. The van der Waals surface area contributed by atoms with Crippen LogP contribution < -0.4 is 20.7 Å². The Hall–Kier alpha value is -2.67. The molecule has 7 nitrogen and oxygen atoms in total. The van der Waals surface area contributed by atoms with E-state index in [1.165, 1.54) is 5.57 Å². The molecule has 0 bridgehead atoms. The minimum atomic E-state index is 0.518. The first-order valence-corrected chi connectivity index (χ1v) is 8.44. The van der Waals surface area contributed by atoms with E-state index in [4.69, 9.17) is 4.74 Å². The lowest BCUT2D eigenvalue weighted by Crippen LogP contribution is -2.12. The molecule has 0 aliphatic carbocycles. The Morgan fingerprint density at radius 1 is 1.20 bits per heavy atom. The lowest BCUT2D eigenvalue weighted by molar-refractivity contribution is 0.411. The van der Waals surface area contributed by atoms with Crippen LogP contribution in [-0.4, -0.2) is 42.2 Å². The molecule has 132 valence electrons. The van der Waals surface area contributed by atoms with Crippen molar-refractivity contribution in [2.75, 3.05) is 37.9 Å². The van der Waals surface area contributed by atoms with Crippen LogP contribution in [0.4, 0.5) is 17.6 Å². The molecular formula is C18H24N6O. The summed E-state index contributed by atoms with van der Waals surface area (Å²) >= 11 is 0. The van der Waals surface area contributed by atoms with Gasteiger partial charge in [-0.3, -0.25) is 0 Å². The zero-order chi connectivity index (χ0) is 17.6. The van der Waals surface area contributed by atoms with Gasteiger partial charge in [0.05, 0.1) is 13.3 Å². The Morgan fingerprint density at radius 3 is 2.88 bits per heavy atom. The van der Waals surface area contributed by atoms with E-state index in [0.717, 1.165) is 48.8 Å². The van der Waals surface area contributed by atoms with E-state index < -0.39 is 0 Å². The van der Waals surface area contributed by atoms with Crippen LogP contribution in [0.1, 0.15) is 24.1 Å². The van der Waals surface area contributed by atoms with Crippen LogP contribution >= 0.6 is 0 Å². The van der Waals surface area contributed by atoms with Gasteiger partial charge >= 0.3 is 0 Å². The third-order valence-electron chi connectivity index (χ3n) is 4.08. The second kappa shape index (κ2) is 7.94. The molecule has 3 N–H and O–H groups in total. The predicted octanol–water partition coefficient (Wildman–Crippen LogP) is 2.74. The van der Waals surface area contributed by atoms with Crippen LogP contribution in [-0.2, 0) is 0 Å². The summed E-state index contributed by atoms with van der Waals surface area (Å²) in [5.41, 5.74) is 3.21. The van der Waals surface area contributed by atoms with E-state index in [1.54, 1.807) is 13.3 Å². The number of anilines is 3. The number of ether oxygens (including phenoxy) is 1. The molecule has 3 rings (SSSR count). The van der Waals surface area contributed by atoms with E-state index in [-0.39, 0.29) is 0 Å². The summed E-state index contributed by atoms with van der Waals surface area (Å²) in [7, 11) is 3.51. The molecule has 0 unspecified atom stereocenters. The van der Waals surface area contributed by atoms with Crippen molar-refractivity contribution in [2.45, 2.75) is 19.8 Å². The van der Waals surface area contributed by atoms with Gasteiger partial charge in [-0.1, -0.05) is 6.08 Å². The van der Waals surface area contributed by atoms with Gasteiger partial charge in [0.15, 0.2) is 0 Å². The van der Waals surface area contributed by atoms with Crippen molar-refractivity contribution >= 4 is 23.2 Å². The molecule has 2 aromatic heterocycles. The topological polar surface area (TPSA) is 84.0 Å². The Labute approximate surface area is 147 Å². The maximum Gasteiger partial charge on any atom is 0.230 e. The van der Waals surface area contributed by atoms with E-state index in [2.05, 4.69) is 37.0 Å². The number of pyridine rings is 1. The average molecular weight is 340 g/mol. The van der Waals surface area contributed by atoms with Crippen molar-refractivity contribution < 1.29 is 4.74 Å². The normalized spacial score (nSPS) is 14.4. The van der Waals surface area contributed by atoms with Crippen LogP contribution in [0, 0.1) is 6.92 Å². The lowest BCUT2D eigenvalue weighted by atomic mass is 10.0. The molecule has 0 amide bonds. The molecule has 0 fully saturated rings. The second-order valence-corrected chi connectivity index (χ2v) is 5.90. The van der Waals surface area contributed by atoms with Crippen molar-refractivity contribution in [3.63, 3.8) is 0 Å². The largest absolute Gasteiger partial charge is 0.494 e. The van der Waals surface area contributed by atoms with E-state index in [1.807, 2.05) is 26.1 Å². The highest BCUT2D eigenvalue weighted by molar-refractivity contribution is 5.73. The molecule has 0 atom stereocenters. The highest BCUT2D eigenvalue weighted by Crippen LogP contribution is 2.31. The number of rotatable bonds is 5. The maximum absolute atomic E-state index is 5.51. The van der Waals surface area contributed by atoms with Gasteiger partial charge in [-0.05, 0) is 37.9 Å². The lowest BCUT2D eigenvalue weighted by Gasteiger charge is -2.13. The molecule has 2 aromatic rings.